The van der Waals surface area contributed by atoms with Crippen LogP contribution in [-0.4, -0.2) is 39.8 Å². The zero-order valence-electron chi connectivity index (χ0n) is 13.5. The van der Waals surface area contributed by atoms with Crippen LogP contribution in [0.2, 0.25) is 0 Å². The molecule has 2 aromatic carbocycles. The van der Waals surface area contributed by atoms with Gasteiger partial charge in [-0.05, 0) is 11.1 Å². The number of aliphatic hydroxyl groups is 1. The number of amides is 2. The van der Waals surface area contributed by atoms with E-state index in [0.717, 1.165) is 0 Å². The molecule has 0 unspecified atom stereocenters. The van der Waals surface area contributed by atoms with Crippen LogP contribution in [0.25, 0.3) is 0 Å². The van der Waals surface area contributed by atoms with Gasteiger partial charge in [0.15, 0.2) is 10.8 Å². The lowest BCUT2D eigenvalue weighted by Gasteiger charge is -2.27. The molecule has 1 heterocycles. The van der Waals surface area contributed by atoms with Crippen molar-refractivity contribution in [2.75, 3.05) is 12.8 Å². The largest absolute Gasteiger partial charge is 0.372 e. The monoisotopic (exact) mass is 355 g/mol. The van der Waals surface area contributed by atoms with Gasteiger partial charge in [0.25, 0.3) is 5.91 Å². The zero-order valence-corrected chi connectivity index (χ0v) is 14.4. The van der Waals surface area contributed by atoms with Crippen molar-refractivity contribution < 1.29 is 14.7 Å². The molecule has 128 valence electrons. The molecule has 0 aromatic heterocycles. The highest BCUT2D eigenvalue weighted by Gasteiger charge is 2.40. The molecule has 2 amide bonds. The molecule has 3 rings (SSSR count). The number of carbonyl (C=O) groups excluding carboxylic acids is 2. The zero-order chi connectivity index (χ0) is 17.9. The van der Waals surface area contributed by atoms with Gasteiger partial charge < -0.3 is 5.11 Å². The normalized spacial score (nSPS) is 16.3. The first-order valence-corrected chi connectivity index (χ1v) is 8.63. The van der Waals surface area contributed by atoms with Gasteiger partial charge in [0.2, 0.25) is 5.91 Å². The van der Waals surface area contributed by atoms with Crippen molar-refractivity contribution in [3.63, 3.8) is 0 Å². The second-order valence-electron chi connectivity index (χ2n) is 5.52. The van der Waals surface area contributed by atoms with Crippen LogP contribution in [0.1, 0.15) is 11.1 Å². The number of rotatable bonds is 4. The van der Waals surface area contributed by atoms with Gasteiger partial charge in [0, 0.05) is 7.05 Å². The van der Waals surface area contributed by atoms with Crippen molar-refractivity contribution in [2.45, 2.75) is 5.60 Å². The van der Waals surface area contributed by atoms with E-state index in [4.69, 9.17) is 0 Å². The van der Waals surface area contributed by atoms with Gasteiger partial charge in [-0.3, -0.25) is 14.5 Å². The van der Waals surface area contributed by atoms with Crippen LogP contribution in [0.15, 0.2) is 65.8 Å². The molecule has 1 fully saturated rings. The number of hydrazone groups is 1. The van der Waals surface area contributed by atoms with Crippen LogP contribution in [0, 0.1) is 0 Å². The summed E-state index contributed by atoms with van der Waals surface area (Å²) in [6, 6.07) is 17.3. The first kappa shape index (κ1) is 17.2. The lowest BCUT2D eigenvalue weighted by Crippen LogP contribution is -2.44. The number of hydrogen-bond donors (Lipinski definition) is 2. The second-order valence-corrected chi connectivity index (χ2v) is 6.46. The molecule has 7 heteroatoms. The first-order valence-electron chi connectivity index (χ1n) is 7.64. The van der Waals surface area contributed by atoms with Crippen molar-refractivity contribution in [1.82, 2.24) is 10.3 Å². The van der Waals surface area contributed by atoms with Crippen LogP contribution >= 0.6 is 11.8 Å². The van der Waals surface area contributed by atoms with E-state index in [1.165, 1.54) is 16.7 Å². The number of benzene rings is 2. The van der Waals surface area contributed by atoms with Crippen molar-refractivity contribution in [3.8, 4) is 0 Å². The van der Waals surface area contributed by atoms with E-state index in [0.29, 0.717) is 16.3 Å². The Bertz CT molecular complexity index is 769. The molecule has 2 N–H and O–H groups in total. The van der Waals surface area contributed by atoms with Crippen molar-refractivity contribution in [2.24, 2.45) is 5.10 Å². The minimum absolute atomic E-state index is 0.0839. The van der Waals surface area contributed by atoms with Crippen molar-refractivity contribution in [3.05, 3.63) is 71.8 Å². The Hall–Kier alpha value is -2.64. The fourth-order valence-electron chi connectivity index (χ4n) is 2.50. The molecule has 2 aromatic rings. The Morgan fingerprint density at radius 3 is 2.08 bits per heavy atom. The van der Waals surface area contributed by atoms with E-state index >= 15 is 0 Å². The molecule has 1 aliphatic heterocycles. The van der Waals surface area contributed by atoms with Gasteiger partial charge in [-0.2, -0.15) is 0 Å². The average Bonchev–Trinajstić information content (AvgIpc) is 2.98. The van der Waals surface area contributed by atoms with Crippen LogP contribution < -0.4 is 5.43 Å². The van der Waals surface area contributed by atoms with Gasteiger partial charge in [0.1, 0.15) is 0 Å². The van der Waals surface area contributed by atoms with Gasteiger partial charge in [-0.25, -0.2) is 5.43 Å². The van der Waals surface area contributed by atoms with Crippen molar-refractivity contribution >= 4 is 28.7 Å². The summed E-state index contributed by atoms with van der Waals surface area (Å²) in [6.07, 6.45) is 0. The maximum absolute atomic E-state index is 12.8. The van der Waals surface area contributed by atoms with Crippen LogP contribution in [-0.2, 0) is 15.2 Å². The van der Waals surface area contributed by atoms with Crippen molar-refractivity contribution in [1.29, 1.82) is 0 Å². The lowest BCUT2D eigenvalue weighted by molar-refractivity contribution is -0.136. The van der Waals surface area contributed by atoms with Gasteiger partial charge in [-0.15, -0.1) is 5.10 Å². The SMILES string of the molecule is CN1C(=O)CS/C1=N\NC(=O)C(O)(c1ccccc1)c1ccccc1. The summed E-state index contributed by atoms with van der Waals surface area (Å²) in [6.45, 7) is 0. The Balaban J connectivity index is 1.94. The maximum atomic E-state index is 12.8. The number of nitrogens with one attached hydrogen (secondary N) is 1. The average molecular weight is 355 g/mol. The molecule has 6 nitrogen and oxygen atoms in total. The molecule has 1 aliphatic rings. The lowest BCUT2D eigenvalue weighted by atomic mass is 9.86. The number of thioether (sulfide) groups is 1. The second kappa shape index (κ2) is 7.08. The fourth-order valence-corrected chi connectivity index (χ4v) is 3.35. The molecule has 0 atom stereocenters. The Morgan fingerprint density at radius 2 is 1.64 bits per heavy atom. The molecule has 1 saturated heterocycles. The molecular formula is C18H17N3O3S. The molecule has 0 aliphatic carbocycles. The predicted molar refractivity (Wildman–Crippen MR) is 96.7 cm³/mol. The molecular weight excluding hydrogens is 338 g/mol. The molecule has 25 heavy (non-hydrogen) atoms. The Kier molecular flexibility index (Phi) is 4.87. The predicted octanol–water partition coefficient (Wildman–Crippen LogP) is 1.51. The van der Waals surface area contributed by atoms with Gasteiger partial charge in [-0.1, -0.05) is 72.4 Å². The summed E-state index contributed by atoms with van der Waals surface area (Å²) in [5, 5.41) is 15.6. The molecule has 0 saturated carbocycles. The highest BCUT2D eigenvalue weighted by molar-refractivity contribution is 8.15. The number of amidine groups is 1. The smallest absolute Gasteiger partial charge is 0.281 e. The van der Waals surface area contributed by atoms with E-state index in [1.807, 2.05) is 12.1 Å². The van der Waals surface area contributed by atoms with Crippen LogP contribution in [0.4, 0.5) is 0 Å². The Labute approximate surface area is 149 Å². The summed E-state index contributed by atoms with van der Waals surface area (Å²) < 4.78 is 0. The van der Waals surface area contributed by atoms with Gasteiger partial charge >= 0.3 is 0 Å². The highest BCUT2D eigenvalue weighted by Crippen LogP contribution is 2.30. The third-order valence-electron chi connectivity index (χ3n) is 3.95. The molecule has 0 radical (unpaired) electrons. The summed E-state index contributed by atoms with van der Waals surface area (Å²) in [5.41, 5.74) is 1.37. The standard InChI is InChI=1S/C18H17N3O3S/c1-21-15(22)12-25-17(21)20-19-16(23)18(24,13-8-4-2-5-9-13)14-10-6-3-7-11-14/h2-11,24H,12H2,1H3,(H,19,23)/b20-17-. The topological polar surface area (TPSA) is 82.0 Å². The summed E-state index contributed by atoms with van der Waals surface area (Å²) in [4.78, 5) is 25.7. The fraction of sp³-hybridized carbons (Fsp3) is 0.167. The minimum Gasteiger partial charge on any atom is -0.372 e. The van der Waals surface area contributed by atoms with E-state index in [-0.39, 0.29) is 11.7 Å². The third-order valence-corrected chi connectivity index (χ3v) is 4.97. The van der Waals surface area contributed by atoms with Crippen LogP contribution in [0.5, 0.6) is 0 Å². The summed E-state index contributed by atoms with van der Waals surface area (Å²) >= 11 is 1.23. The minimum atomic E-state index is -1.89. The van der Waals surface area contributed by atoms with E-state index in [9.17, 15) is 14.7 Å². The number of nitrogens with zero attached hydrogens (tertiary/aromatic N) is 2. The van der Waals surface area contributed by atoms with E-state index in [2.05, 4.69) is 10.5 Å². The summed E-state index contributed by atoms with van der Waals surface area (Å²) in [7, 11) is 1.59. The quantitative estimate of drug-likeness (QED) is 0.815. The molecule has 0 bridgehead atoms. The highest BCUT2D eigenvalue weighted by atomic mass is 32.2. The first-order chi connectivity index (χ1) is 12.0. The number of hydrogen-bond acceptors (Lipinski definition) is 5. The summed E-state index contributed by atoms with van der Waals surface area (Å²) in [5.74, 6) is -0.488. The van der Waals surface area contributed by atoms with Crippen LogP contribution in [0.3, 0.4) is 0 Å². The van der Waals surface area contributed by atoms with Gasteiger partial charge in [0.05, 0.1) is 5.75 Å². The van der Waals surface area contributed by atoms with E-state index < -0.39 is 11.5 Å². The van der Waals surface area contributed by atoms with E-state index in [1.54, 1.807) is 55.6 Å². The molecule has 0 spiro atoms. The third kappa shape index (κ3) is 3.29. The maximum Gasteiger partial charge on any atom is 0.281 e. The number of carbonyl (C=O) groups is 2. The Morgan fingerprint density at radius 1 is 1.12 bits per heavy atom.